The molecule has 0 radical (unpaired) electrons. The Hall–Kier alpha value is -2.80. The van der Waals surface area contributed by atoms with E-state index in [1.54, 1.807) is 0 Å². The van der Waals surface area contributed by atoms with Crippen LogP contribution in [0.2, 0.25) is 0 Å². The summed E-state index contributed by atoms with van der Waals surface area (Å²) in [5.41, 5.74) is 1.95. The Bertz CT molecular complexity index is 984. The lowest BCUT2D eigenvalue weighted by molar-refractivity contribution is -0.115. The maximum Gasteiger partial charge on any atom is 0.237 e. The van der Waals surface area contributed by atoms with Gasteiger partial charge in [0.05, 0.1) is 18.4 Å². The van der Waals surface area contributed by atoms with Crippen LogP contribution in [0.4, 0.5) is 5.69 Å². The normalized spacial score (nSPS) is 14.3. The standard InChI is InChI=1S/C23H26N4O2S/c1-3-29-20-13-11-19(12-14-20)24-22(28)16(2)30-23-26-25-21(18-9-10-18)27(23)15-17-7-5-4-6-8-17/h4-8,11-14,16,18H,3,9-10,15H2,1-2H3,(H,24,28)/t16-/m1/s1. The van der Waals surface area contributed by atoms with Crippen molar-refractivity contribution in [2.24, 2.45) is 0 Å². The summed E-state index contributed by atoms with van der Waals surface area (Å²) in [5.74, 6) is 2.25. The van der Waals surface area contributed by atoms with Gasteiger partial charge in [0.15, 0.2) is 5.16 Å². The molecule has 0 unspecified atom stereocenters. The Balaban J connectivity index is 1.44. The van der Waals surface area contributed by atoms with Crippen LogP contribution in [0.5, 0.6) is 5.75 Å². The molecule has 3 aromatic rings. The summed E-state index contributed by atoms with van der Waals surface area (Å²) in [6.45, 7) is 5.17. The van der Waals surface area contributed by atoms with Crippen molar-refractivity contribution in [3.05, 3.63) is 66.0 Å². The first kappa shape index (κ1) is 20.5. The molecular weight excluding hydrogens is 396 g/mol. The van der Waals surface area contributed by atoms with E-state index in [-0.39, 0.29) is 11.2 Å². The number of hydrogen-bond acceptors (Lipinski definition) is 5. The molecule has 156 valence electrons. The van der Waals surface area contributed by atoms with Gasteiger partial charge in [0, 0.05) is 11.6 Å². The van der Waals surface area contributed by atoms with Gasteiger partial charge in [-0.3, -0.25) is 4.79 Å². The number of carbonyl (C=O) groups is 1. The zero-order valence-electron chi connectivity index (χ0n) is 17.2. The van der Waals surface area contributed by atoms with Crippen molar-refractivity contribution in [1.82, 2.24) is 14.8 Å². The molecular formula is C23H26N4O2S. The van der Waals surface area contributed by atoms with E-state index in [1.807, 2.05) is 56.3 Å². The van der Waals surface area contributed by atoms with Crippen molar-refractivity contribution in [3.63, 3.8) is 0 Å². The molecule has 1 atom stereocenters. The molecule has 1 aliphatic rings. The number of ether oxygens (including phenoxy) is 1. The molecule has 1 saturated carbocycles. The maximum absolute atomic E-state index is 12.7. The van der Waals surface area contributed by atoms with Crippen molar-refractivity contribution in [2.75, 3.05) is 11.9 Å². The Morgan fingerprint density at radius 3 is 2.57 bits per heavy atom. The monoisotopic (exact) mass is 422 g/mol. The van der Waals surface area contributed by atoms with Crippen LogP contribution in [0.15, 0.2) is 59.8 Å². The molecule has 2 aromatic carbocycles. The number of anilines is 1. The molecule has 0 aliphatic heterocycles. The van der Waals surface area contributed by atoms with Crippen molar-refractivity contribution < 1.29 is 9.53 Å². The number of rotatable bonds is 9. The molecule has 1 N–H and O–H groups in total. The van der Waals surface area contributed by atoms with E-state index in [4.69, 9.17) is 4.74 Å². The first-order chi connectivity index (χ1) is 14.6. The topological polar surface area (TPSA) is 69.0 Å². The number of aromatic nitrogens is 3. The summed E-state index contributed by atoms with van der Waals surface area (Å²) >= 11 is 1.45. The van der Waals surface area contributed by atoms with Crippen LogP contribution in [-0.2, 0) is 11.3 Å². The second kappa shape index (κ2) is 9.34. The Kier molecular flexibility index (Phi) is 6.38. The number of amides is 1. The van der Waals surface area contributed by atoms with E-state index < -0.39 is 0 Å². The van der Waals surface area contributed by atoms with E-state index in [2.05, 4.69) is 32.2 Å². The average molecular weight is 423 g/mol. The quantitative estimate of drug-likeness (QED) is 0.505. The van der Waals surface area contributed by atoms with Crippen LogP contribution in [0, 0.1) is 0 Å². The van der Waals surface area contributed by atoms with E-state index in [0.29, 0.717) is 12.5 Å². The van der Waals surface area contributed by atoms with Crippen LogP contribution in [0.25, 0.3) is 0 Å². The molecule has 4 rings (SSSR count). The molecule has 1 aromatic heterocycles. The van der Waals surface area contributed by atoms with Crippen molar-refractivity contribution >= 4 is 23.4 Å². The number of nitrogens with zero attached hydrogens (tertiary/aromatic N) is 3. The Labute approximate surface area is 181 Å². The largest absolute Gasteiger partial charge is 0.494 e. The average Bonchev–Trinajstić information content (AvgIpc) is 3.53. The van der Waals surface area contributed by atoms with Crippen LogP contribution in [-0.4, -0.2) is 32.5 Å². The van der Waals surface area contributed by atoms with E-state index in [0.717, 1.165) is 41.8 Å². The lowest BCUT2D eigenvalue weighted by atomic mass is 10.2. The smallest absolute Gasteiger partial charge is 0.237 e. The maximum atomic E-state index is 12.7. The number of thioether (sulfide) groups is 1. The first-order valence-corrected chi connectivity index (χ1v) is 11.2. The molecule has 1 aliphatic carbocycles. The minimum atomic E-state index is -0.303. The molecule has 7 heteroatoms. The minimum absolute atomic E-state index is 0.0635. The number of hydrogen-bond donors (Lipinski definition) is 1. The summed E-state index contributed by atoms with van der Waals surface area (Å²) in [5, 5.41) is 12.3. The van der Waals surface area contributed by atoms with Gasteiger partial charge in [-0.1, -0.05) is 42.1 Å². The van der Waals surface area contributed by atoms with Gasteiger partial charge in [-0.15, -0.1) is 10.2 Å². The predicted octanol–water partition coefficient (Wildman–Crippen LogP) is 4.72. The highest BCUT2D eigenvalue weighted by Gasteiger charge is 2.31. The van der Waals surface area contributed by atoms with Gasteiger partial charge in [0.25, 0.3) is 0 Å². The summed E-state index contributed by atoms with van der Waals surface area (Å²) in [6, 6.07) is 17.7. The van der Waals surface area contributed by atoms with Crippen molar-refractivity contribution in [3.8, 4) is 5.75 Å². The highest BCUT2D eigenvalue weighted by atomic mass is 32.2. The van der Waals surface area contributed by atoms with Gasteiger partial charge in [-0.05, 0) is 56.5 Å². The van der Waals surface area contributed by atoms with E-state index >= 15 is 0 Å². The molecule has 1 fully saturated rings. The molecule has 0 saturated heterocycles. The van der Waals surface area contributed by atoms with Gasteiger partial charge in [-0.2, -0.15) is 0 Å². The third-order valence-electron chi connectivity index (χ3n) is 4.96. The minimum Gasteiger partial charge on any atom is -0.494 e. The number of benzene rings is 2. The molecule has 0 spiro atoms. The fourth-order valence-corrected chi connectivity index (χ4v) is 4.06. The van der Waals surface area contributed by atoms with Crippen LogP contribution >= 0.6 is 11.8 Å². The lowest BCUT2D eigenvalue weighted by Crippen LogP contribution is -2.23. The Morgan fingerprint density at radius 1 is 1.17 bits per heavy atom. The van der Waals surface area contributed by atoms with Crippen LogP contribution in [0.1, 0.15) is 44.0 Å². The van der Waals surface area contributed by atoms with Crippen molar-refractivity contribution in [2.45, 2.75) is 49.6 Å². The van der Waals surface area contributed by atoms with Crippen molar-refractivity contribution in [1.29, 1.82) is 0 Å². The van der Waals surface area contributed by atoms with E-state index in [1.165, 1.54) is 17.3 Å². The molecule has 30 heavy (non-hydrogen) atoms. The summed E-state index contributed by atoms with van der Waals surface area (Å²) < 4.78 is 7.61. The molecule has 0 bridgehead atoms. The van der Waals surface area contributed by atoms with E-state index in [9.17, 15) is 4.79 Å². The van der Waals surface area contributed by atoms with Gasteiger partial charge in [-0.25, -0.2) is 0 Å². The highest BCUT2D eigenvalue weighted by Crippen LogP contribution is 2.40. The lowest BCUT2D eigenvalue weighted by Gasteiger charge is -2.14. The zero-order valence-corrected chi connectivity index (χ0v) is 18.1. The Morgan fingerprint density at radius 2 is 1.90 bits per heavy atom. The second-order valence-electron chi connectivity index (χ2n) is 7.39. The summed E-state index contributed by atoms with van der Waals surface area (Å²) in [7, 11) is 0. The van der Waals surface area contributed by atoms with Gasteiger partial charge in [0.2, 0.25) is 5.91 Å². The predicted molar refractivity (Wildman–Crippen MR) is 119 cm³/mol. The van der Waals surface area contributed by atoms with Crippen LogP contribution in [0.3, 0.4) is 0 Å². The van der Waals surface area contributed by atoms with Gasteiger partial charge < -0.3 is 14.6 Å². The summed E-state index contributed by atoms with van der Waals surface area (Å²) in [4.78, 5) is 12.7. The third kappa shape index (κ3) is 5.02. The zero-order chi connectivity index (χ0) is 20.9. The molecule has 1 heterocycles. The first-order valence-electron chi connectivity index (χ1n) is 10.3. The van der Waals surface area contributed by atoms with Crippen LogP contribution < -0.4 is 10.1 Å². The summed E-state index contributed by atoms with van der Waals surface area (Å²) in [6.07, 6.45) is 2.32. The SMILES string of the molecule is CCOc1ccc(NC(=O)[C@@H](C)Sc2nnc(C3CC3)n2Cc2ccccc2)cc1. The highest BCUT2D eigenvalue weighted by molar-refractivity contribution is 8.00. The molecule has 6 nitrogen and oxygen atoms in total. The second-order valence-corrected chi connectivity index (χ2v) is 8.70. The van der Waals surface area contributed by atoms with Gasteiger partial charge in [0.1, 0.15) is 11.6 Å². The number of carbonyl (C=O) groups excluding carboxylic acids is 1. The molecule has 1 amide bonds. The third-order valence-corrected chi connectivity index (χ3v) is 6.04. The fourth-order valence-electron chi connectivity index (χ4n) is 3.20. The fraction of sp³-hybridized carbons (Fsp3) is 0.348. The van der Waals surface area contributed by atoms with Gasteiger partial charge >= 0.3 is 0 Å². The number of nitrogens with one attached hydrogen (secondary N) is 1.